The van der Waals surface area contributed by atoms with E-state index in [0.717, 1.165) is 16.4 Å². The van der Waals surface area contributed by atoms with E-state index in [1.807, 2.05) is 22.9 Å². The van der Waals surface area contributed by atoms with Gasteiger partial charge in [-0.25, -0.2) is 0 Å². The SMILES string of the molecule is [C-]#[N+]c1cc[c-]c2c1ccn1ccnc21.[Pt]. The minimum absolute atomic E-state index is 0. The van der Waals surface area contributed by atoms with Gasteiger partial charge in [-0.3, -0.25) is 9.83 Å². The molecule has 3 nitrogen and oxygen atoms in total. The molecule has 0 unspecified atom stereocenters. The molecule has 0 aliphatic heterocycles. The number of hydrogen-bond donors (Lipinski definition) is 0. The van der Waals surface area contributed by atoms with Gasteiger partial charge >= 0.3 is 0 Å². The second-order valence-corrected chi connectivity index (χ2v) is 3.24. The van der Waals surface area contributed by atoms with Crippen molar-refractivity contribution in [3.63, 3.8) is 0 Å². The Morgan fingerprint density at radius 1 is 1.31 bits per heavy atom. The van der Waals surface area contributed by atoms with E-state index < -0.39 is 0 Å². The summed E-state index contributed by atoms with van der Waals surface area (Å²) in [6, 6.07) is 8.59. The fraction of sp³-hybridized carbons (Fsp3) is 0. The van der Waals surface area contributed by atoms with Crippen LogP contribution in [0.2, 0.25) is 0 Å². The van der Waals surface area contributed by atoms with Crippen molar-refractivity contribution >= 4 is 22.1 Å². The average Bonchev–Trinajstić information content (AvgIpc) is 2.76. The molecule has 0 radical (unpaired) electrons. The fourth-order valence-electron chi connectivity index (χ4n) is 1.73. The molecule has 2 aromatic heterocycles. The van der Waals surface area contributed by atoms with Gasteiger partial charge in [-0.1, -0.05) is 11.5 Å². The summed E-state index contributed by atoms with van der Waals surface area (Å²) in [6.45, 7) is 7.08. The Kier molecular flexibility index (Phi) is 2.76. The third kappa shape index (κ3) is 1.43. The third-order valence-corrected chi connectivity index (χ3v) is 2.43. The van der Waals surface area contributed by atoms with Crippen LogP contribution in [0, 0.1) is 12.6 Å². The second kappa shape index (κ2) is 4.08. The number of rotatable bonds is 0. The molecule has 0 fully saturated rings. The van der Waals surface area contributed by atoms with E-state index in [-0.39, 0.29) is 21.1 Å². The molecule has 3 aromatic rings. The standard InChI is InChI=1S/C12H6N3.Pt/c1-13-11-4-2-3-10-9(11)5-7-15-8-6-14-12(10)15;/h2,4-8H;/q-1;. The summed E-state index contributed by atoms with van der Waals surface area (Å²) >= 11 is 0. The minimum Gasteiger partial charge on any atom is -0.347 e. The van der Waals surface area contributed by atoms with Crippen LogP contribution >= 0.6 is 0 Å². The summed E-state index contributed by atoms with van der Waals surface area (Å²) in [7, 11) is 0. The third-order valence-electron chi connectivity index (χ3n) is 2.43. The number of benzene rings is 1. The van der Waals surface area contributed by atoms with Crippen molar-refractivity contribution in [1.29, 1.82) is 0 Å². The van der Waals surface area contributed by atoms with Gasteiger partial charge in [-0.2, -0.15) is 6.07 Å². The molecule has 0 N–H and O–H groups in total. The van der Waals surface area contributed by atoms with E-state index in [4.69, 9.17) is 6.57 Å². The molecule has 0 saturated heterocycles. The van der Waals surface area contributed by atoms with Gasteiger partial charge in [-0.15, -0.1) is 17.5 Å². The van der Waals surface area contributed by atoms with Gasteiger partial charge in [0.05, 0.1) is 12.2 Å². The Balaban J connectivity index is 0.000000963. The predicted octanol–water partition coefficient (Wildman–Crippen LogP) is 2.84. The van der Waals surface area contributed by atoms with Gasteiger partial charge in [0, 0.05) is 33.5 Å². The van der Waals surface area contributed by atoms with E-state index in [1.54, 1.807) is 18.3 Å². The van der Waals surface area contributed by atoms with Crippen molar-refractivity contribution < 1.29 is 21.1 Å². The van der Waals surface area contributed by atoms with Crippen molar-refractivity contribution in [2.45, 2.75) is 0 Å². The average molecular weight is 387 g/mol. The molecule has 0 saturated carbocycles. The van der Waals surface area contributed by atoms with E-state index in [2.05, 4.69) is 15.9 Å². The van der Waals surface area contributed by atoms with Gasteiger partial charge in [0.15, 0.2) is 0 Å². The van der Waals surface area contributed by atoms with E-state index in [9.17, 15) is 0 Å². The Labute approximate surface area is 107 Å². The van der Waals surface area contributed by atoms with Crippen LogP contribution in [-0.2, 0) is 21.1 Å². The summed E-state index contributed by atoms with van der Waals surface area (Å²) < 4.78 is 1.92. The first-order chi connectivity index (χ1) is 7.40. The van der Waals surface area contributed by atoms with E-state index in [0.29, 0.717) is 5.69 Å². The molecular weight excluding hydrogens is 381 g/mol. The molecule has 3 rings (SSSR count). The Hall–Kier alpha value is -1.65. The molecule has 0 bridgehead atoms. The maximum Gasteiger partial charge on any atom is 0.115 e. The summed E-state index contributed by atoms with van der Waals surface area (Å²) in [5.74, 6) is 0. The first-order valence-corrected chi connectivity index (χ1v) is 4.54. The largest absolute Gasteiger partial charge is 0.347 e. The number of aromatic nitrogens is 2. The molecular formula is C12H6N3Pt-. The van der Waals surface area contributed by atoms with Crippen LogP contribution in [0.3, 0.4) is 0 Å². The summed E-state index contributed by atoms with van der Waals surface area (Å²) in [4.78, 5) is 7.73. The maximum atomic E-state index is 7.08. The van der Waals surface area contributed by atoms with Gasteiger partial charge < -0.3 is 4.40 Å². The van der Waals surface area contributed by atoms with Crippen LogP contribution in [0.1, 0.15) is 0 Å². The molecule has 0 amide bonds. The number of hydrogen-bond acceptors (Lipinski definition) is 1. The Morgan fingerprint density at radius 2 is 2.19 bits per heavy atom. The van der Waals surface area contributed by atoms with E-state index in [1.165, 1.54) is 0 Å². The molecule has 0 spiro atoms. The minimum atomic E-state index is 0. The van der Waals surface area contributed by atoms with Crippen molar-refractivity contribution in [1.82, 2.24) is 9.38 Å². The number of pyridine rings is 1. The van der Waals surface area contributed by atoms with Gasteiger partial charge in [0.1, 0.15) is 5.69 Å². The first kappa shape index (κ1) is 10.9. The van der Waals surface area contributed by atoms with Gasteiger partial charge in [0.2, 0.25) is 0 Å². The molecule has 0 aliphatic rings. The smallest absolute Gasteiger partial charge is 0.115 e. The predicted molar refractivity (Wildman–Crippen MR) is 57.8 cm³/mol. The number of nitrogens with zero attached hydrogens (tertiary/aromatic N) is 3. The summed E-state index contributed by atoms with van der Waals surface area (Å²) in [5.41, 5.74) is 1.49. The molecule has 80 valence electrons. The van der Waals surface area contributed by atoms with Crippen LogP contribution < -0.4 is 0 Å². The topological polar surface area (TPSA) is 21.7 Å². The Morgan fingerprint density at radius 3 is 3.00 bits per heavy atom. The second-order valence-electron chi connectivity index (χ2n) is 3.24. The molecule has 4 heteroatoms. The van der Waals surface area contributed by atoms with Crippen LogP contribution in [-0.4, -0.2) is 9.38 Å². The monoisotopic (exact) mass is 387 g/mol. The quantitative estimate of drug-likeness (QED) is 0.544. The normalized spacial score (nSPS) is 9.94. The molecule has 16 heavy (non-hydrogen) atoms. The van der Waals surface area contributed by atoms with Crippen molar-refractivity contribution in [3.05, 3.63) is 54.3 Å². The van der Waals surface area contributed by atoms with Crippen molar-refractivity contribution in [2.24, 2.45) is 0 Å². The zero-order valence-corrected chi connectivity index (χ0v) is 10.4. The summed E-state index contributed by atoms with van der Waals surface area (Å²) in [5, 5.41) is 1.81. The van der Waals surface area contributed by atoms with Crippen molar-refractivity contribution in [2.75, 3.05) is 0 Å². The number of fused-ring (bicyclic) bond motifs is 3. The molecule has 0 atom stereocenters. The van der Waals surface area contributed by atoms with Gasteiger partial charge in [-0.05, 0) is 6.20 Å². The Bertz CT molecular complexity index is 694. The van der Waals surface area contributed by atoms with Crippen LogP contribution in [0.25, 0.3) is 21.3 Å². The van der Waals surface area contributed by atoms with Crippen LogP contribution in [0.4, 0.5) is 5.69 Å². The van der Waals surface area contributed by atoms with Crippen molar-refractivity contribution in [3.8, 4) is 0 Å². The fourth-order valence-corrected chi connectivity index (χ4v) is 1.73. The van der Waals surface area contributed by atoms with Crippen LogP contribution in [0.15, 0.2) is 36.8 Å². The van der Waals surface area contributed by atoms with Gasteiger partial charge in [0.25, 0.3) is 0 Å². The molecule has 1 aromatic carbocycles. The summed E-state index contributed by atoms with van der Waals surface area (Å²) in [6.07, 6.45) is 5.54. The van der Waals surface area contributed by atoms with E-state index >= 15 is 0 Å². The number of imidazole rings is 1. The zero-order valence-electron chi connectivity index (χ0n) is 8.12. The molecule has 0 aliphatic carbocycles. The molecule has 2 heterocycles. The zero-order chi connectivity index (χ0) is 10.3. The first-order valence-electron chi connectivity index (χ1n) is 4.54. The maximum absolute atomic E-state index is 7.08. The van der Waals surface area contributed by atoms with Crippen LogP contribution in [0.5, 0.6) is 0 Å².